The third-order valence-corrected chi connectivity index (χ3v) is 7.43. The summed E-state index contributed by atoms with van der Waals surface area (Å²) in [5, 5.41) is 0. The predicted molar refractivity (Wildman–Crippen MR) is 156 cm³/mol. The predicted octanol–water partition coefficient (Wildman–Crippen LogP) is 7.12. The first kappa shape index (κ1) is 33.1. The summed E-state index contributed by atoms with van der Waals surface area (Å²) in [6, 6.07) is 6.75. The van der Waals surface area contributed by atoms with Gasteiger partial charge < -0.3 is 19.3 Å². The number of amides is 1. The van der Waals surface area contributed by atoms with E-state index in [1.54, 1.807) is 0 Å². The number of hydrogen-bond acceptors (Lipinski definition) is 4. The summed E-state index contributed by atoms with van der Waals surface area (Å²) in [4.78, 5) is 25.7. The Hall–Kier alpha value is -1.88. The van der Waals surface area contributed by atoms with Crippen molar-refractivity contribution < 1.29 is 14.3 Å². The van der Waals surface area contributed by atoms with Crippen LogP contribution < -0.4 is 4.74 Å². The maximum absolute atomic E-state index is 11.7. The maximum Gasteiger partial charge on any atom is 0.222 e. The van der Waals surface area contributed by atoms with Gasteiger partial charge in [0.2, 0.25) is 5.91 Å². The second-order valence-electron chi connectivity index (χ2n) is 11.2. The van der Waals surface area contributed by atoms with E-state index in [-0.39, 0.29) is 0 Å². The van der Waals surface area contributed by atoms with Gasteiger partial charge in [0.25, 0.3) is 0 Å². The van der Waals surface area contributed by atoms with Crippen LogP contribution in [-0.2, 0) is 16.0 Å². The molecule has 0 N–H and O–H groups in total. The van der Waals surface area contributed by atoms with E-state index in [2.05, 4.69) is 57.8 Å². The van der Waals surface area contributed by atoms with Gasteiger partial charge in [0.15, 0.2) is 0 Å². The summed E-state index contributed by atoms with van der Waals surface area (Å²) in [5.74, 6) is 3.22. The van der Waals surface area contributed by atoms with Crippen molar-refractivity contribution in [2.24, 2.45) is 11.8 Å². The van der Waals surface area contributed by atoms with Crippen LogP contribution >= 0.6 is 0 Å². The number of aldehydes is 1. The zero-order valence-corrected chi connectivity index (χ0v) is 25.1. The average molecular weight is 517 g/mol. The summed E-state index contributed by atoms with van der Waals surface area (Å²) in [7, 11) is 2.16. The van der Waals surface area contributed by atoms with Gasteiger partial charge in [-0.1, -0.05) is 60.1 Å². The quantitative estimate of drug-likeness (QED) is 0.262. The molecule has 0 spiro atoms. The van der Waals surface area contributed by atoms with E-state index in [4.69, 9.17) is 4.74 Å². The van der Waals surface area contributed by atoms with Crippen molar-refractivity contribution in [1.82, 2.24) is 9.80 Å². The molecule has 1 amide bonds. The van der Waals surface area contributed by atoms with Gasteiger partial charge in [0.1, 0.15) is 12.0 Å². The maximum atomic E-state index is 11.7. The Morgan fingerprint density at radius 2 is 1.89 bits per heavy atom. The van der Waals surface area contributed by atoms with Crippen LogP contribution in [0.3, 0.4) is 0 Å². The molecule has 0 bridgehead atoms. The van der Waals surface area contributed by atoms with Crippen LogP contribution in [0.5, 0.6) is 5.75 Å². The summed E-state index contributed by atoms with van der Waals surface area (Å²) in [6.07, 6.45) is 10.6. The summed E-state index contributed by atoms with van der Waals surface area (Å²) in [5.41, 5.74) is 2.83. The van der Waals surface area contributed by atoms with E-state index >= 15 is 0 Å². The van der Waals surface area contributed by atoms with Gasteiger partial charge in [-0.25, -0.2) is 0 Å². The molecule has 37 heavy (non-hydrogen) atoms. The highest BCUT2D eigenvalue weighted by atomic mass is 16.5. The van der Waals surface area contributed by atoms with Crippen molar-refractivity contribution in [2.45, 2.75) is 105 Å². The molecule has 1 fully saturated rings. The van der Waals surface area contributed by atoms with Crippen molar-refractivity contribution in [3.8, 4) is 5.75 Å². The fourth-order valence-corrected chi connectivity index (χ4v) is 4.70. The van der Waals surface area contributed by atoms with Crippen molar-refractivity contribution in [3.63, 3.8) is 0 Å². The van der Waals surface area contributed by atoms with Gasteiger partial charge in [-0.15, -0.1) is 0 Å². The molecular formula is C32H56N2O3. The summed E-state index contributed by atoms with van der Waals surface area (Å²) >= 11 is 0. The van der Waals surface area contributed by atoms with E-state index < -0.39 is 0 Å². The standard InChI is InChI=1S/C20H29NO2.C7H17N.C5H10O/c1-3-16(17-6-7-19-18(14-17)9-12-23-19)13-15(2)8-11-21-10-4-5-20(21)22;1-4-6-7-8(3)5-2;1-5(2)3-4-6/h6-7,14-16H,3-5,8-13H2,1-2H3;4-7H2,1-3H3;4-5H,3H2,1-2H3. The lowest BCUT2D eigenvalue weighted by Gasteiger charge is -2.23. The molecule has 0 aliphatic carbocycles. The lowest BCUT2D eigenvalue weighted by atomic mass is 9.85. The lowest BCUT2D eigenvalue weighted by molar-refractivity contribution is -0.127. The minimum Gasteiger partial charge on any atom is -0.493 e. The number of hydrogen-bond donors (Lipinski definition) is 0. The second kappa shape index (κ2) is 19.2. The van der Waals surface area contributed by atoms with Crippen molar-refractivity contribution in [2.75, 3.05) is 39.8 Å². The Kier molecular flexibility index (Phi) is 17.2. The van der Waals surface area contributed by atoms with E-state index in [1.807, 2.05) is 18.7 Å². The van der Waals surface area contributed by atoms with Crippen LogP contribution in [-0.4, -0.2) is 61.8 Å². The van der Waals surface area contributed by atoms with Crippen LogP contribution in [0.1, 0.15) is 110 Å². The van der Waals surface area contributed by atoms with Crippen LogP contribution in [0, 0.1) is 11.8 Å². The van der Waals surface area contributed by atoms with Crippen LogP contribution in [0.2, 0.25) is 0 Å². The molecule has 2 aliphatic rings. The fraction of sp³-hybridized carbons (Fsp3) is 0.750. The van der Waals surface area contributed by atoms with E-state index in [0.717, 1.165) is 57.4 Å². The van der Waals surface area contributed by atoms with Crippen LogP contribution in [0.15, 0.2) is 18.2 Å². The van der Waals surface area contributed by atoms with E-state index in [0.29, 0.717) is 30.1 Å². The highest BCUT2D eigenvalue weighted by Gasteiger charge is 2.22. The Bertz CT molecular complexity index is 764. The molecule has 212 valence electrons. The highest BCUT2D eigenvalue weighted by Crippen LogP contribution is 2.33. The molecule has 1 aromatic carbocycles. The molecule has 1 saturated heterocycles. The number of unbranched alkanes of at least 4 members (excludes halogenated alkanes) is 1. The second-order valence-corrected chi connectivity index (χ2v) is 11.2. The number of carbonyl (C=O) groups excluding carboxylic acids is 2. The number of fused-ring (bicyclic) bond motifs is 1. The summed E-state index contributed by atoms with van der Waals surface area (Å²) < 4.78 is 5.62. The number of benzene rings is 1. The van der Waals surface area contributed by atoms with Crippen molar-refractivity contribution in [3.05, 3.63) is 29.3 Å². The topological polar surface area (TPSA) is 49.9 Å². The van der Waals surface area contributed by atoms with Gasteiger partial charge in [-0.05, 0) is 87.2 Å². The number of carbonyl (C=O) groups is 2. The first-order valence-corrected chi connectivity index (χ1v) is 14.9. The Morgan fingerprint density at radius 1 is 1.14 bits per heavy atom. The molecule has 5 heteroatoms. The van der Waals surface area contributed by atoms with Crippen molar-refractivity contribution >= 4 is 12.2 Å². The Morgan fingerprint density at radius 3 is 2.43 bits per heavy atom. The minimum absolute atomic E-state index is 0.350. The zero-order valence-electron chi connectivity index (χ0n) is 25.1. The molecule has 3 rings (SSSR count). The fourth-order valence-electron chi connectivity index (χ4n) is 4.70. The SMILES string of the molecule is CC(C)CC=O.CCC(CC(C)CCN1CCCC1=O)c1ccc2c(c1)CCO2.CCCCN(C)CC. The Balaban J connectivity index is 0.000000405. The number of nitrogens with zero attached hydrogens (tertiary/aromatic N) is 2. The molecular weight excluding hydrogens is 460 g/mol. The highest BCUT2D eigenvalue weighted by molar-refractivity contribution is 5.78. The van der Waals surface area contributed by atoms with E-state index in [1.165, 1.54) is 49.9 Å². The molecule has 2 aliphatic heterocycles. The summed E-state index contributed by atoms with van der Waals surface area (Å²) in [6.45, 7) is 18.2. The monoisotopic (exact) mass is 516 g/mol. The lowest BCUT2D eigenvalue weighted by Crippen LogP contribution is -2.27. The number of ether oxygens (including phenoxy) is 1. The molecule has 2 unspecified atom stereocenters. The zero-order chi connectivity index (χ0) is 27.6. The third kappa shape index (κ3) is 13.5. The normalized spacial score (nSPS) is 15.9. The molecule has 0 saturated carbocycles. The molecule has 5 nitrogen and oxygen atoms in total. The molecule has 1 aromatic rings. The number of likely N-dealkylation sites (tertiary alicyclic amines) is 1. The van der Waals surface area contributed by atoms with Gasteiger partial charge in [0.05, 0.1) is 6.61 Å². The van der Waals surface area contributed by atoms with E-state index in [9.17, 15) is 9.59 Å². The van der Waals surface area contributed by atoms with Crippen molar-refractivity contribution in [1.29, 1.82) is 0 Å². The van der Waals surface area contributed by atoms with Crippen LogP contribution in [0.4, 0.5) is 0 Å². The third-order valence-electron chi connectivity index (χ3n) is 7.43. The van der Waals surface area contributed by atoms with Crippen LogP contribution in [0.25, 0.3) is 0 Å². The average Bonchev–Trinajstić information content (AvgIpc) is 3.53. The van der Waals surface area contributed by atoms with Gasteiger partial charge in [-0.3, -0.25) is 4.79 Å². The first-order chi connectivity index (χ1) is 17.7. The molecule has 2 atom stereocenters. The largest absolute Gasteiger partial charge is 0.493 e. The first-order valence-electron chi connectivity index (χ1n) is 14.9. The molecule has 0 radical (unpaired) electrons. The van der Waals surface area contributed by atoms with Gasteiger partial charge >= 0.3 is 0 Å². The van der Waals surface area contributed by atoms with Gasteiger partial charge in [-0.2, -0.15) is 0 Å². The number of rotatable bonds is 13. The smallest absolute Gasteiger partial charge is 0.222 e. The minimum atomic E-state index is 0.350. The van der Waals surface area contributed by atoms with Gasteiger partial charge in [0, 0.05) is 32.4 Å². The molecule has 0 aromatic heterocycles. The molecule has 2 heterocycles. The Labute approximate surface area is 228 Å².